The Bertz CT molecular complexity index is 1010. The second-order valence-corrected chi connectivity index (χ2v) is 7.56. The lowest BCUT2D eigenvalue weighted by atomic mass is 9.96. The van der Waals surface area contributed by atoms with Crippen LogP contribution >= 0.6 is 11.6 Å². The molecule has 2 aromatic carbocycles. The number of carbonyl (C=O) groups is 2. The number of hydrogen-bond donors (Lipinski definition) is 2. The predicted molar refractivity (Wildman–Crippen MR) is 108 cm³/mol. The van der Waals surface area contributed by atoms with E-state index in [1.165, 1.54) is 0 Å². The maximum atomic E-state index is 12.5. The number of fused-ring (bicyclic) bond motifs is 1. The van der Waals surface area contributed by atoms with Crippen LogP contribution in [0.1, 0.15) is 24.0 Å². The smallest absolute Gasteiger partial charge is 0.317 e. The third kappa shape index (κ3) is 3.76. The lowest BCUT2D eigenvalue weighted by Crippen LogP contribution is -2.33. The van der Waals surface area contributed by atoms with E-state index in [4.69, 9.17) is 16.3 Å². The van der Waals surface area contributed by atoms with Crippen molar-refractivity contribution in [2.24, 2.45) is 0 Å². The summed E-state index contributed by atoms with van der Waals surface area (Å²) in [5.41, 5.74) is 2.50. The Kier molecular flexibility index (Phi) is 5.09. The van der Waals surface area contributed by atoms with Gasteiger partial charge in [0.1, 0.15) is 0 Å². The zero-order valence-corrected chi connectivity index (χ0v) is 16.1. The van der Waals surface area contributed by atoms with Gasteiger partial charge in [-0.25, -0.2) is 0 Å². The Labute approximate surface area is 168 Å². The molecule has 0 bridgehead atoms. The lowest BCUT2D eigenvalue weighted by Gasteiger charge is -2.15. The predicted octanol–water partition coefficient (Wildman–Crippen LogP) is 3.76. The van der Waals surface area contributed by atoms with E-state index in [9.17, 15) is 9.59 Å². The number of aromatic amines is 1. The number of rotatable bonds is 7. The molecule has 28 heavy (non-hydrogen) atoms. The van der Waals surface area contributed by atoms with Gasteiger partial charge in [0.2, 0.25) is 0 Å². The fourth-order valence-electron chi connectivity index (χ4n) is 3.50. The third-order valence-corrected chi connectivity index (χ3v) is 5.52. The number of amides is 1. The normalized spacial score (nSPS) is 14.6. The SMILES string of the molecule is O=C(COC(=O)C1(c2ccc(Cl)cc2)CC1)NCCc1c[nH]c2ccccc12. The highest BCUT2D eigenvalue weighted by Crippen LogP contribution is 2.49. The van der Waals surface area contributed by atoms with E-state index in [2.05, 4.69) is 16.4 Å². The summed E-state index contributed by atoms with van der Waals surface area (Å²) in [5, 5.41) is 4.59. The molecule has 0 spiro atoms. The number of hydrogen-bond acceptors (Lipinski definition) is 3. The molecule has 6 heteroatoms. The zero-order valence-electron chi connectivity index (χ0n) is 15.3. The first-order valence-electron chi connectivity index (χ1n) is 9.33. The molecule has 3 aromatic rings. The van der Waals surface area contributed by atoms with Crippen molar-refractivity contribution in [2.45, 2.75) is 24.7 Å². The molecule has 1 saturated carbocycles. The highest BCUT2D eigenvalue weighted by molar-refractivity contribution is 6.30. The summed E-state index contributed by atoms with van der Waals surface area (Å²) < 4.78 is 5.28. The van der Waals surface area contributed by atoms with E-state index in [1.807, 2.05) is 36.5 Å². The standard InChI is InChI=1S/C22H21ClN2O3/c23-17-7-5-16(6-8-17)22(10-11-22)21(27)28-14-20(26)24-12-9-15-13-25-19-4-2-1-3-18(15)19/h1-8,13,25H,9-12,14H2,(H,24,26). The zero-order chi connectivity index (χ0) is 19.6. The van der Waals surface area contributed by atoms with Crippen LogP contribution < -0.4 is 5.32 Å². The van der Waals surface area contributed by atoms with E-state index in [0.29, 0.717) is 18.0 Å². The fourth-order valence-corrected chi connectivity index (χ4v) is 3.63. The fraction of sp³-hybridized carbons (Fsp3) is 0.273. The Morgan fingerprint density at radius 2 is 1.86 bits per heavy atom. The van der Waals surface area contributed by atoms with E-state index in [1.54, 1.807) is 12.1 Å². The number of esters is 1. The van der Waals surface area contributed by atoms with Crippen LogP contribution in [0.2, 0.25) is 5.02 Å². The third-order valence-electron chi connectivity index (χ3n) is 5.26. The second kappa shape index (κ2) is 7.68. The largest absolute Gasteiger partial charge is 0.455 e. The first-order chi connectivity index (χ1) is 13.6. The molecular formula is C22H21ClN2O3. The summed E-state index contributed by atoms with van der Waals surface area (Å²) in [6, 6.07) is 15.3. The van der Waals surface area contributed by atoms with Gasteiger partial charge in [-0.3, -0.25) is 9.59 Å². The van der Waals surface area contributed by atoms with Crippen molar-refractivity contribution < 1.29 is 14.3 Å². The monoisotopic (exact) mass is 396 g/mol. The van der Waals surface area contributed by atoms with Crippen molar-refractivity contribution >= 4 is 34.4 Å². The average molecular weight is 397 g/mol. The molecule has 0 saturated heterocycles. The number of para-hydroxylation sites is 1. The second-order valence-electron chi connectivity index (χ2n) is 7.12. The highest BCUT2D eigenvalue weighted by Gasteiger charge is 2.52. The van der Waals surface area contributed by atoms with Crippen LogP contribution in [-0.2, 0) is 26.2 Å². The van der Waals surface area contributed by atoms with Crippen molar-refractivity contribution in [1.29, 1.82) is 0 Å². The number of nitrogens with one attached hydrogen (secondary N) is 2. The molecule has 0 radical (unpaired) electrons. The summed E-state index contributed by atoms with van der Waals surface area (Å²) in [4.78, 5) is 27.8. The summed E-state index contributed by atoms with van der Waals surface area (Å²) in [7, 11) is 0. The van der Waals surface area contributed by atoms with Crippen LogP contribution in [0.3, 0.4) is 0 Å². The van der Waals surface area contributed by atoms with Gasteiger partial charge in [-0.2, -0.15) is 0 Å². The minimum absolute atomic E-state index is 0.262. The van der Waals surface area contributed by atoms with E-state index in [0.717, 1.165) is 34.9 Å². The van der Waals surface area contributed by atoms with Gasteiger partial charge in [0.25, 0.3) is 5.91 Å². The number of halogens is 1. The highest BCUT2D eigenvalue weighted by atomic mass is 35.5. The number of aromatic nitrogens is 1. The average Bonchev–Trinajstić information content (AvgIpc) is 3.42. The van der Waals surface area contributed by atoms with Gasteiger partial charge in [0.05, 0.1) is 5.41 Å². The van der Waals surface area contributed by atoms with Crippen LogP contribution in [0.25, 0.3) is 10.9 Å². The molecule has 0 atom stereocenters. The molecule has 0 aliphatic heterocycles. The van der Waals surface area contributed by atoms with Crippen LogP contribution in [0.4, 0.5) is 0 Å². The van der Waals surface area contributed by atoms with Crippen LogP contribution in [0.5, 0.6) is 0 Å². The molecule has 2 N–H and O–H groups in total. The van der Waals surface area contributed by atoms with Gasteiger partial charge in [-0.15, -0.1) is 0 Å². The lowest BCUT2D eigenvalue weighted by molar-refractivity contribution is -0.151. The maximum absolute atomic E-state index is 12.5. The quantitative estimate of drug-likeness (QED) is 0.597. The molecule has 1 fully saturated rings. The van der Waals surface area contributed by atoms with Crippen molar-refractivity contribution in [3.05, 3.63) is 70.9 Å². The number of H-pyrrole nitrogens is 1. The molecule has 5 nitrogen and oxygen atoms in total. The molecule has 1 aliphatic carbocycles. The van der Waals surface area contributed by atoms with E-state index >= 15 is 0 Å². The van der Waals surface area contributed by atoms with Gasteiger partial charge in [-0.05, 0) is 48.6 Å². The Balaban J connectivity index is 1.25. The summed E-state index contributed by atoms with van der Waals surface area (Å²) in [6.07, 6.45) is 4.13. The molecule has 1 heterocycles. The molecule has 1 amide bonds. The van der Waals surface area contributed by atoms with Gasteiger partial charge < -0.3 is 15.0 Å². The first kappa shape index (κ1) is 18.6. The summed E-state index contributed by atoms with van der Waals surface area (Å²) >= 11 is 5.91. The number of carbonyl (C=O) groups excluding carboxylic acids is 2. The summed E-state index contributed by atoms with van der Waals surface area (Å²) in [6.45, 7) is 0.225. The van der Waals surface area contributed by atoms with Gasteiger partial charge in [0.15, 0.2) is 6.61 Å². The van der Waals surface area contributed by atoms with Crippen LogP contribution in [0.15, 0.2) is 54.7 Å². The first-order valence-corrected chi connectivity index (χ1v) is 9.71. The van der Waals surface area contributed by atoms with E-state index < -0.39 is 5.41 Å². The number of ether oxygens (including phenoxy) is 1. The molecule has 144 valence electrons. The van der Waals surface area contributed by atoms with Crippen LogP contribution in [0, 0.1) is 0 Å². The van der Waals surface area contributed by atoms with Gasteiger partial charge in [0, 0.05) is 28.7 Å². The van der Waals surface area contributed by atoms with Crippen LogP contribution in [-0.4, -0.2) is 30.0 Å². The van der Waals surface area contributed by atoms with Crippen molar-refractivity contribution in [2.75, 3.05) is 13.2 Å². The minimum atomic E-state index is -0.616. The number of benzene rings is 2. The summed E-state index contributed by atoms with van der Waals surface area (Å²) in [5.74, 6) is -0.637. The molecule has 1 aliphatic rings. The molecule has 0 unspecified atom stereocenters. The van der Waals surface area contributed by atoms with E-state index in [-0.39, 0.29) is 18.5 Å². The Morgan fingerprint density at radius 1 is 1.11 bits per heavy atom. The molecule has 1 aromatic heterocycles. The van der Waals surface area contributed by atoms with Crippen molar-refractivity contribution in [1.82, 2.24) is 10.3 Å². The Hall–Kier alpha value is -2.79. The topological polar surface area (TPSA) is 71.2 Å². The maximum Gasteiger partial charge on any atom is 0.317 e. The molecule has 4 rings (SSSR count). The van der Waals surface area contributed by atoms with Gasteiger partial charge in [-0.1, -0.05) is 41.9 Å². The van der Waals surface area contributed by atoms with Crippen molar-refractivity contribution in [3.8, 4) is 0 Å². The van der Waals surface area contributed by atoms with Crippen molar-refractivity contribution in [3.63, 3.8) is 0 Å². The molecular weight excluding hydrogens is 376 g/mol. The van der Waals surface area contributed by atoms with Gasteiger partial charge >= 0.3 is 5.97 Å². The minimum Gasteiger partial charge on any atom is -0.455 e. The Morgan fingerprint density at radius 3 is 2.61 bits per heavy atom.